The SMILES string of the molecule is CCCCC[C@H]1C(=O)O[C@H](C(C)(C)C)O[C@@H]1C. The van der Waals surface area contributed by atoms with Crippen molar-refractivity contribution >= 4 is 5.97 Å². The summed E-state index contributed by atoms with van der Waals surface area (Å²) in [6, 6.07) is 0. The number of rotatable bonds is 4. The second-order valence-electron chi connectivity index (χ2n) is 6.08. The molecule has 0 aromatic carbocycles. The van der Waals surface area contributed by atoms with Gasteiger partial charge in [-0.15, -0.1) is 0 Å². The third-order valence-electron chi connectivity index (χ3n) is 3.26. The summed E-state index contributed by atoms with van der Waals surface area (Å²) in [6.45, 7) is 10.2. The van der Waals surface area contributed by atoms with E-state index in [1.54, 1.807) is 0 Å². The molecule has 0 radical (unpaired) electrons. The second-order valence-corrected chi connectivity index (χ2v) is 6.08. The minimum Gasteiger partial charge on any atom is -0.435 e. The van der Waals surface area contributed by atoms with Crippen molar-refractivity contribution in [3.63, 3.8) is 0 Å². The van der Waals surface area contributed by atoms with E-state index in [9.17, 15) is 4.79 Å². The van der Waals surface area contributed by atoms with Gasteiger partial charge in [-0.05, 0) is 13.3 Å². The summed E-state index contributed by atoms with van der Waals surface area (Å²) in [5.74, 6) is -0.167. The molecule has 3 atom stereocenters. The van der Waals surface area contributed by atoms with Crippen LogP contribution < -0.4 is 0 Å². The first-order valence-electron chi connectivity index (χ1n) is 6.72. The fourth-order valence-corrected chi connectivity index (χ4v) is 2.05. The Bertz CT molecular complexity index is 255. The van der Waals surface area contributed by atoms with Gasteiger partial charge in [0.2, 0.25) is 6.29 Å². The number of ether oxygens (including phenoxy) is 2. The molecule has 1 aliphatic heterocycles. The summed E-state index contributed by atoms with van der Waals surface area (Å²) in [5, 5.41) is 0. The van der Waals surface area contributed by atoms with Gasteiger partial charge in [-0.25, -0.2) is 0 Å². The largest absolute Gasteiger partial charge is 0.435 e. The van der Waals surface area contributed by atoms with Crippen molar-refractivity contribution in [2.24, 2.45) is 11.3 Å². The molecule has 1 aliphatic rings. The van der Waals surface area contributed by atoms with Crippen molar-refractivity contribution in [2.75, 3.05) is 0 Å². The van der Waals surface area contributed by atoms with Gasteiger partial charge in [-0.2, -0.15) is 0 Å². The monoisotopic (exact) mass is 242 g/mol. The van der Waals surface area contributed by atoms with Crippen molar-refractivity contribution in [3.8, 4) is 0 Å². The molecule has 1 saturated heterocycles. The maximum absolute atomic E-state index is 12.0. The highest BCUT2D eigenvalue weighted by atomic mass is 16.7. The first-order chi connectivity index (χ1) is 7.86. The number of carbonyl (C=O) groups excluding carboxylic acids is 1. The normalized spacial score (nSPS) is 30.2. The predicted octanol–water partition coefficient (Wildman–Crippen LogP) is 3.52. The van der Waals surface area contributed by atoms with Crippen molar-refractivity contribution < 1.29 is 14.3 Å². The molecule has 1 fully saturated rings. The van der Waals surface area contributed by atoms with Crippen LogP contribution in [-0.4, -0.2) is 18.4 Å². The van der Waals surface area contributed by atoms with E-state index in [-0.39, 0.29) is 23.4 Å². The molecule has 17 heavy (non-hydrogen) atoms. The lowest BCUT2D eigenvalue weighted by Gasteiger charge is -2.39. The van der Waals surface area contributed by atoms with Crippen LogP contribution in [0.25, 0.3) is 0 Å². The van der Waals surface area contributed by atoms with Gasteiger partial charge < -0.3 is 9.47 Å². The molecule has 0 bridgehead atoms. The fraction of sp³-hybridized carbons (Fsp3) is 0.929. The summed E-state index contributed by atoms with van der Waals surface area (Å²) < 4.78 is 11.2. The minimum absolute atomic E-state index is 0.0302. The van der Waals surface area contributed by atoms with Crippen molar-refractivity contribution in [3.05, 3.63) is 0 Å². The van der Waals surface area contributed by atoms with Gasteiger partial charge >= 0.3 is 5.97 Å². The van der Waals surface area contributed by atoms with Gasteiger partial charge in [0.05, 0.1) is 12.0 Å². The van der Waals surface area contributed by atoms with Gasteiger partial charge in [0, 0.05) is 5.41 Å². The molecule has 0 amide bonds. The molecular weight excluding hydrogens is 216 g/mol. The number of carbonyl (C=O) groups is 1. The van der Waals surface area contributed by atoms with E-state index in [0.29, 0.717) is 0 Å². The fourth-order valence-electron chi connectivity index (χ4n) is 2.05. The summed E-state index contributed by atoms with van der Waals surface area (Å²) in [6.07, 6.45) is 3.85. The summed E-state index contributed by atoms with van der Waals surface area (Å²) in [4.78, 5) is 12.0. The average molecular weight is 242 g/mol. The lowest BCUT2D eigenvalue weighted by atomic mass is 9.91. The van der Waals surface area contributed by atoms with Crippen LogP contribution in [-0.2, 0) is 14.3 Å². The predicted molar refractivity (Wildman–Crippen MR) is 67.5 cm³/mol. The Labute approximate surface area is 105 Å². The average Bonchev–Trinajstić information content (AvgIpc) is 2.20. The second kappa shape index (κ2) is 5.85. The van der Waals surface area contributed by atoms with E-state index >= 15 is 0 Å². The van der Waals surface area contributed by atoms with Crippen LogP contribution in [0.3, 0.4) is 0 Å². The van der Waals surface area contributed by atoms with E-state index < -0.39 is 6.29 Å². The van der Waals surface area contributed by atoms with Gasteiger partial charge in [0.1, 0.15) is 0 Å². The summed E-state index contributed by atoms with van der Waals surface area (Å²) in [5.41, 5.74) is -0.154. The number of esters is 1. The van der Waals surface area contributed by atoms with E-state index in [0.717, 1.165) is 12.8 Å². The Morgan fingerprint density at radius 2 is 1.88 bits per heavy atom. The number of unbranched alkanes of at least 4 members (excludes halogenated alkanes) is 2. The zero-order valence-corrected chi connectivity index (χ0v) is 11.8. The molecule has 3 heteroatoms. The molecule has 1 rings (SSSR count). The van der Waals surface area contributed by atoms with Gasteiger partial charge in [-0.3, -0.25) is 4.79 Å². The third-order valence-corrected chi connectivity index (χ3v) is 3.26. The first kappa shape index (κ1) is 14.5. The molecule has 0 spiro atoms. The smallest absolute Gasteiger partial charge is 0.313 e. The molecule has 0 aliphatic carbocycles. The van der Waals surface area contributed by atoms with E-state index in [1.165, 1.54) is 12.8 Å². The lowest BCUT2D eigenvalue weighted by molar-refractivity contribution is -0.254. The van der Waals surface area contributed by atoms with Crippen molar-refractivity contribution in [1.82, 2.24) is 0 Å². The number of hydrogen-bond acceptors (Lipinski definition) is 3. The van der Waals surface area contributed by atoms with Crippen LogP contribution in [0, 0.1) is 11.3 Å². The first-order valence-corrected chi connectivity index (χ1v) is 6.72. The maximum Gasteiger partial charge on any atom is 0.313 e. The Kier molecular flexibility index (Phi) is 4.99. The zero-order valence-electron chi connectivity index (χ0n) is 11.8. The molecule has 0 aromatic rings. The third kappa shape index (κ3) is 3.98. The van der Waals surface area contributed by atoms with Gasteiger partial charge in [0.15, 0.2) is 0 Å². The van der Waals surface area contributed by atoms with Crippen LogP contribution in [0.1, 0.15) is 60.3 Å². The molecule has 0 saturated carbocycles. The molecular formula is C14H26O3. The molecule has 1 heterocycles. The van der Waals surface area contributed by atoms with Crippen molar-refractivity contribution in [2.45, 2.75) is 72.7 Å². The molecule has 0 N–H and O–H groups in total. The standard InChI is InChI=1S/C14H26O3/c1-6-7-8-9-11-10(2)16-13(14(3,4)5)17-12(11)15/h10-11,13H,6-9H2,1-5H3/t10-,11-,13-/m1/s1. The highest BCUT2D eigenvalue weighted by Gasteiger charge is 2.41. The highest BCUT2D eigenvalue weighted by Crippen LogP contribution is 2.32. The van der Waals surface area contributed by atoms with E-state index in [1.807, 2.05) is 27.7 Å². The van der Waals surface area contributed by atoms with Crippen molar-refractivity contribution in [1.29, 1.82) is 0 Å². The summed E-state index contributed by atoms with van der Waals surface area (Å²) >= 11 is 0. The molecule has 0 aromatic heterocycles. The molecule has 3 nitrogen and oxygen atoms in total. The van der Waals surface area contributed by atoms with E-state index in [4.69, 9.17) is 9.47 Å². The molecule has 0 unspecified atom stereocenters. The summed E-state index contributed by atoms with van der Waals surface area (Å²) in [7, 11) is 0. The topological polar surface area (TPSA) is 35.5 Å². The van der Waals surface area contributed by atoms with Crippen LogP contribution in [0.4, 0.5) is 0 Å². The Hall–Kier alpha value is -0.570. The van der Waals surface area contributed by atoms with Gasteiger partial charge in [0.25, 0.3) is 0 Å². The van der Waals surface area contributed by atoms with E-state index in [2.05, 4.69) is 6.92 Å². The number of cyclic esters (lactones) is 1. The van der Waals surface area contributed by atoms with Crippen LogP contribution >= 0.6 is 0 Å². The van der Waals surface area contributed by atoms with Crippen LogP contribution in [0.15, 0.2) is 0 Å². The Balaban J connectivity index is 2.53. The Morgan fingerprint density at radius 1 is 1.24 bits per heavy atom. The minimum atomic E-state index is -0.410. The maximum atomic E-state index is 12.0. The highest BCUT2D eigenvalue weighted by molar-refractivity contribution is 5.73. The van der Waals surface area contributed by atoms with Crippen LogP contribution in [0.2, 0.25) is 0 Å². The quantitative estimate of drug-likeness (QED) is 0.559. The van der Waals surface area contributed by atoms with Gasteiger partial charge in [-0.1, -0.05) is 47.0 Å². The zero-order chi connectivity index (χ0) is 13.1. The lowest BCUT2D eigenvalue weighted by Crippen LogP contribution is -2.47. The van der Waals surface area contributed by atoms with Crippen LogP contribution in [0.5, 0.6) is 0 Å². The number of hydrogen-bond donors (Lipinski definition) is 0. The molecule has 100 valence electrons. The Morgan fingerprint density at radius 3 is 2.35 bits per heavy atom.